The highest BCUT2D eigenvalue weighted by Crippen LogP contribution is 2.29. The molecule has 4 nitrogen and oxygen atoms in total. The first-order chi connectivity index (χ1) is 14.5. The number of anilines is 1. The number of amides is 2. The second-order valence-electron chi connectivity index (χ2n) is 6.49. The third kappa shape index (κ3) is 6.59. The second-order valence-corrected chi connectivity index (χ2v) is 6.49. The zero-order chi connectivity index (χ0) is 23.2. The summed E-state index contributed by atoms with van der Waals surface area (Å²) in [6, 6.07) is 5.81. The van der Waals surface area contributed by atoms with Crippen molar-refractivity contribution in [2.75, 3.05) is 18.4 Å². The van der Waals surface area contributed by atoms with Crippen LogP contribution in [0.3, 0.4) is 0 Å². The summed E-state index contributed by atoms with van der Waals surface area (Å²) in [7, 11) is 0. The van der Waals surface area contributed by atoms with Crippen LogP contribution in [-0.4, -0.2) is 29.8 Å². The number of hydrogen-bond acceptors (Lipinski definition) is 2. The van der Waals surface area contributed by atoms with Crippen LogP contribution in [0.4, 0.5) is 32.0 Å². The van der Waals surface area contributed by atoms with Gasteiger partial charge in [0.2, 0.25) is 11.8 Å². The Morgan fingerprint density at radius 1 is 1.06 bits per heavy atom. The lowest BCUT2D eigenvalue weighted by molar-refractivity contribution is -0.137. The molecule has 166 valence electrons. The van der Waals surface area contributed by atoms with Crippen LogP contribution in [-0.2, 0) is 15.8 Å². The Morgan fingerprint density at radius 2 is 1.77 bits per heavy atom. The van der Waals surface area contributed by atoms with E-state index in [1.54, 1.807) is 6.92 Å². The summed E-state index contributed by atoms with van der Waals surface area (Å²) >= 11 is 0. The maximum absolute atomic E-state index is 13.7. The van der Waals surface area contributed by atoms with Gasteiger partial charge in [0.1, 0.15) is 6.54 Å². The van der Waals surface area contributed by atoms with Gasteiger partial charge in [0, 0.05) is 12.6 Å². The molecule has 0 spiro atoms. The average Bonchev–Trinajstić information content (AvgIpc) is 2.71. The first kappa shape index (κ1) is 24.0. The van der Waals surface area contributed by atoms with Crippen LogP contribution in [0.1, 0.15) is 24.5 Å². The van der Waals surface area contributed by atoms with E-state index in [0.717, 1.165) is 29.2 Å². The second kappa shape index (κ2) is 10.1. The van der Waals surface area contributed by atoms with Gasteiger partial charge in [-0.1, -0.05) is 19.1 Å². The Bertz CT molecular complexity index is 988. The Labute approximate surface area is 174 Å². The van der Waals surface area contributed by atoms with E-state index in [9.17, 15) is 35.9 Å². The molecule has 0 bridgehead atoms. The van der Waals surface area contributed by atoms with Crippen LogP contribution in [0.15, 0.2) is 42.5 Å². The molecule has 0 aromatic heterocycles. The number of alkyl halides is 3. The minimum absolute atomic E-state index is 0.124. The van der Waals surface area contributed by atoms with E-state index in [1.165, 1.54) is 18.2 Å². The molecule has 0 saturated carbocycles. The molecule has 2 aromatic rings. The van der Waals surface area contributed by atoms with E-state index in [2.05, 4.69) is 5.32 Å². The van der Waals surface area contributed by atoms with Crippen molar-refractivity contribution in [2.45, 2.75) is 19.5 Å². The molecule has 0 unspecified atom stereocenters. The summed E-state index contributed by atoms with van der Waals surface area (Å²) in [6.07, 6.45) is -1.89. The van der Waals surface area contributed by atoms with Crippen LogP contribution in [0.25, 0.3) is 6.08 Å². The van der Waals surface area contributed by atoms with Crippen molar-refractivity contribution in [1.82, 2.24) is 4.90 Å². The lowest BCUT2D eigenvalue weighted by atomic mass is 10.1. The van der Waals surface area contributed by atoms with E-state index < -0.39 is 53.2 Å². The number of hydrogen-bond donors (Lipinski definition) is 1. The van der Waals surface area contributed by atoms with E-state index >= 15 is 0 Å². The molecule has 2 amide bonds. The summed E-state index contributed by atoms with van der Waals surface area (Å²) in [4.78, 5) is 25.6. The van der Waals surface area contributed by atoms with Crippen LogP contribution < -0.4 is 5.32 Å². The molecule has 0 radical (unpaired) electrons. The SMILES string of the molecule is CCCN(CC(=O)Nc1ccc(F)c(F)c1F)C(=O)C=Cc1cccc(C(F)(F)F)c1. The lowest BCUT2D eigenvalue weighted by Crippen LogP contribution is -2.37. The van der Waals surface area contributed by atoms with Crippen molar-refractivity contribution >= 4 is 23.6 Å². The third-order valence-corrected chi connectivity index (χ3v) is 4.08. The Kier molecular flexibility index (Phi) is 7.84. The predicted octanol–water partition coefficient (Wildman–Crippen LogP) is 5.01. The van der Waals surface area contributed by atoms with Gasteiger partial charge in [0.25, 0.3) is 0 Å². The summed E-state index contributed by atoms with van der Waals surface area (Å²) in [5.41, 5.74) is -1.33. The quantitative estimate of drug-likeness (QED) is 0.371. The van der Waals surface area contributed by atoms with Crippen molar-refractivity contribution < 1.29 is 35.9 Å². The van der Waals surface area contributed by atoms with Gasteiger partial charge in [-0.2, -0.15) is 13.2 Å². The van der Waals surface area contributed by atoms with Gasteiger partial charge < -0.3 is 10.2 Å². The molecular weight excluding hydrogens is 426 g/mol. The maximum atomic E-state index is 13.7. The molecule has 0 fully saturated rings. The molecule has 10 heteroatoms. The van der Waals surface area contributed by atoms with Crippen LogP contribution in [0.5, 0.6) is 0 Å². The topological polar surface area (TPSA) is 49.4 Å². The Morgan fingerprint density at radius 3 is 2.42 bits per heavy atom. The van der Waals surface area contributed by atoms with Gasteiger partial charge in [-0.25, -0.2) is 13.2 Å². The number of carbonyl (C=O) groups excluding carboxylic acids is 2. The van der Waals surface area contributed by atoms with Crippen molar-refractivity contribution in [3.8, 4) is 0 Å². The highest BCUT2D eigenvalue weighted by molar-refractivity contribution is 5.98. The molecule has 0 aliphatic heterocycles. The molecule has 1 N–H and O–H groups in total. The highest BCUT2D eigenvalue weighted by Gasteiger charge is 2.30. The van der Waals surface area contributed by atoms with Gasteiger partial charge in [-0.05, 0) is 42.3 Å². The zero-order valence-corrected chi connectivity index (χ0v) is 16.3. The van der Waals surface area contributed by atoms with Crippen LogP contribution in [0, 0.1) is 17.5 Å². The van der Waals surface area contributed by atoms with Gasteiger partial charge in [-0.3, -0.25) is 9.59 Å². The Balaban J connectivity index is 2.09. The minimum Gasteiger partial charge on any atom is -0.330 e. The normalized spacial score (nSPS) is 11.6. The van der Waals surface area contributed by atoms with E-state index in [4.69, 9.17) is 0 Å². The minimum atomic E-state index is -4.53. The number of halogens is 6. The summed E-state index contributed by atoms with van der Waals surface area (Å²) in [5, 5.41) is 2.06. The fraction of sp³-hybridized carbons (Fsp3) is 0.238. The molecule has 0 atom stereocenters. The molecule has 31 heavy (non-hydrogen) atoms. The molecule has 2 aromatic carbocycles. The largest absolute Gasteiger partial charge is 0.416 e. The average molecular weight is 444 g/mol. The third-order valence-electron chi connectivity index (χ3n) is 4.08. The zero-order valence-electron chi connectivity index (χ0n) is 16.3. The predicted molar refractivity (Wildman–Crippen MR) is 102 cm³/mol. The van der Waals surface area contributed by atoms with Crippen LogP contribution in [0.2, 0.25) is 0 Å². The smallest absolute Gasteiger partial charge is 0.330 e. The van der Waals surface area contributed by atoms with E-state index in [1.807, 2.05) is 0 Å². The fourth-order valence-electron chi connectivity index (χ4n) is 2.61. The first-order valence-corrected chi connectivity index (χ1v) is 9.10. The molecule has 0 aliphatic carbocycles. The first-order valence-electron chi connectivity index (χ1n) is 9.10. The van der Waals surface area contributed by atoms with Crippen molar-refractivity contribution in [1.29, 1.82) is 0 Å². The standard InChI is InChI=1S/C21H18F6N2O2/c1-2-10-29(12-17(30)28-16-8-7-15(22)19(23)20(16)24)18(31)9-6-13-4-3-5-14(11-13)21(25,26)27/h3-9,11H,2,10,12H2,1H3,(H,28,30). The summed E-state index contributed by atoms with van der Waals surface area (Å²) in [6.45, 7) is 1.32. The molecule has 0 saturated heterocycles. The van der Waals surface area contributed by atoms with Crippen molar-refractivity contribution in [3.05, 3.63) is 71.1 Å². The summed E-state index contributed by atoms with van der Waals surface area (Å²) < 4.78 is 78.3. The Hall–Kier alpha value is -3.30. The van der Waals surface area contributed by atoms with Crippen molar-refractivity contribution in [3.63, 3.8) is 0 Å². The van der Waals surface area contributed by atoms with Crippen molar-refractivity contribution in [2.24, 2.45) is 0 Å². The van der Waals surface area contributed by atoms with E-state index in [0.29, 0.717) is 12.5 Å². The molecule has 2 rings (SSSR count). The van der Waals surface area contributed by atoms with Gasteiger partial charge >= 0.3 is 6.18 Å². The number of carbonyl (C=O) groups is 2. The van der Waals surface area contributed by atoms with Gasteiger partial charge in [-0.15, -0.1) is 0 Å². The number of rotatable bonds is 7. The molecule has 0 aliphatic rings. The number of nitrogens with one attached hydrogen (secondary N) is 1. The highest BCUT2D eigenvalue weighted by atomic mass is 19.4. The summed E-state index contributed by atoms with van der Waals surface area (Å²) in [5.74, 6) is -6.27. The number of benzene rings is 2. The molecule has 0 heterocycles. The maximum Gasteiger partial charge on any atom is 0.416 e. The lowest BCUT2D eigenvalue weighted by Gasteiger charge is -2.20. The monoisotopic (exact) mass is 444 g/mol. The van der Waals surface area contributed by atoms with Crippen LogP contribution >= 0.6 is 0 Å². The fourth-order valence-corrected chi connectivity index (χ4v) is 2.61. The van der Waals surface area contributed by atoms with Gasteiger partial charge in [0.05, 0.1) is 11.3 Å². The van der Waals surface area contributed by atoms with E-state index in [-0.39, 0.29) is 12.1 Å². The molecular formula is C21H18F6N2O2. The number of nitrogens with zero attached hydrogens (tertiary/aromatic N) is 1. The van der Waals surface area contributed by atoms with Gasteiger partial charge in [0.15, 0.2) is 17.5 Å².